The molecule has 3 aliphatic heterocycles. The number of nitrogens with zero attached hydrogens (tertiary/aromatic N) is 1. The highest BCUT2D eigenvalue weighted by Gasteiger charge is 2.63. The van der Waals surface area contributed by atoms with Gasteiger partial charge in [0.25, 0.3) is 0 Å². The lowest BCUT2D eigenvalue weighted by atomic mass is 9.57. The molecule has 0 bridgehead atoms. The summed E-state index contributed by atoms with van der Waals surface area (Å²) in [5, 5.41) is 7.14. The Balaban J connectivity index is 1.55. The average Bonchev–Trinajstić information content (AvgIpc) is 3.20. The molecule has 10 heteroatoms. The van der Waals surface area contributed by atoms with Crippen LogP contribution in [-0.2, 0) is 15.0 Å². The number of piperidine rings is 2. The number of anilines is 1. The minimum atomic E-state index is -1.34. The Morgan fingerprint density at radius 2 is 1.90 bits per heavy atom. The second-order valence-electron chi connectivity index (χ2n) is 11.1. The van der Waals surface area contributed by atoms with Crippen molar-refractivity contribution in [3.63, 3.8) is 0 Å². The molecule has 2 saturated heterocycles. The molecule has 2 fully saturated rings. The van der Waals surface area contributed by atoms with Crippen LogP contribution in [0.5, 0.6) is 5.75 Å². The Hall–Kier alpha value is -2.39. The Kier molecular flexibility index (Phi) is 7.49. The zero-order chi connectivity index (χ0) is 28.2. The summed E-state index contributed by atoms with van der Waals surface area (Å²) in [6, 6.07) is 7.52. The van der Waals surface area contributed by atoms with Gasteiger partial charge in [-0.3, -0.25) is 9.59 Å². The number of halogens is 4. The fourth-order valence-electron chi connectivity index (χ4n) is 6.82. The van der Waals surface area contributed by atoms with Crippen LogP contribution in [0.4, 0.5) is 10.1 Å². The summed E-state index contributed by atoms with van der Waals surface area (Å²) in [6.45, 7) is 1.73. The molecule has 0 radical (unpaired) electrons. The number of rotatable bonds is 4. The Bertz CT molecular complexity index is 1440. The van der Waals surface area contributed by atoms with E-state index in [9.17, 15) is 9.59 Å². The maximum atomic E-state index is 16.3. The zero-order valence-electron chi connectivity index (χ0n) is 21.9. The molecule has 1 unspecified atom stereocenters. The molecule has 6 rings (SSSR count). The molecular weight excluding hydrogens is 620 g/mol. The highest BCUT2D eigenvalue weighted by molar-refractivity contribution is 9.10. The third kappa shape index (κ3) is 4.67. The fourth-order valence-corrected chi connectivity index (χ4v) is 7.59. The van der Waals surface area contributed by atoms with Gasteiger partial charge in [0.15, 0.2) is 0 Å². The molecule has 1 aliphatic carbocycles. The van der Waals surface area contributed by atoms with Gasteiger partial charge >= 0.3 is 0 Å². The number of carbonyl (C=O) groups excluding carboxylic acids is 2. The first kappa shape index (κ1) is 27.8. The second-order valence-corrected chi connectivity index (χ2v) is 12.9. The number of fused-ring (bicyclic) bond motifs is 2. The van der Waals surface area contributed by atoms with Crippen molar-refractivity contribution in [1.29, 1.82) is 0 Å². The lowest BCUT2D eigenvalue weighted by molar-refractivity contribution is -0.135. The van der Waals surface area contributed by atoms with Crippen molar-refractivity contribution in [2.24, 2.45) is 11.8 Å². The van der Waals surface area contributed by atoms with Gasteiger partial charge < -0.3 is 20.3 Å². The lowest BCUT2D eigenvalue weighted by Crippen LogP contribution is -2.59. The van der Waals surface area contributed by atoms with Gasteiger partial charge in [0.1, 0.15) is 23.1 Å². The number of amides is 2. The number of hydrogen-bond acceptors (Lipinski definition) is 4. The first-order valence-corrected chi connectivity index (χ1v) is 15.0. The Labute approximate surface area is 251 Å². The van der Waals surface area contributed by atoms with Gasteiger partial charge in [-0.2, -0.15) is 0 Å². The smallest absolute Gasteiger partial charge is 0.237 e. The molecule has 0 saturated carbocycles. The number of benzene rings is 2. The summed E-state index contributed by atoms with van der Waals surface area (Å²) in [6.07, 6.45) is 7.67. The number of allylic oxidation sites excluding steroid dienone is 4. The van der Waals surface area contributed by atoms with Crippen LogP contribution in [-0.4, -0.2) is 43.0 Å². The van der Waals surface area contributed by atoms with Gasteiger partial charge in [-0.25, -0.2) is 4.39 Å². The van der Waals surface area contributed by atoms with E-state index in [1.54, 1.807) is 24.3 Å². The summed E-state index contributed by atoms with van der Waals surface area (Å²) >= 11 is 16.1. The van der Waals surface area contributed by atoms with Gasteiger partial charge in [0.2, 0.25) is 11.8 Å². The molecule has 1 spiro atoms. The zero-order valence-corrected chi connectivity index (χ0v) is 25.0. The number of hydrogen-bond donors (Lipinski definition) is 2. The van der Waals surface area contributed by atoms with E-state index in [0.29, 0.717) is 33.5 Å². The lowest BCUT2D eigenvalue weighted by Gasteiger charge is -2.49. The molecule has 2 N–H and O–H groups in total. The minimum absolute atomic E-state index is 0.0753. The van der Waals surface area contributed by atoms with E-state index in [4.69, 9.17) is 27.9 Å². The average molecular weight is 649 g/mol. The molecule has 3 heterocycles. The van der Waals surface area contributed by atoms with Crippen LogP contribution < -0.4 is 15.4 Å². The van der Waals surface area contributed by atoms with Gasteiger partial charge in [0, 0.05) is 35.3 Å². The van der Waals surface area contributed by atoms with Crippen molar-refractivity contribution in [3.8, 4) is 5.75 Å². The fraction of sp³-hybridized carbons (Fsp3) is 0.400. The van der Waals surface area contributed by atoms with Crippen LogP contribution in [0.25, 0.3) is 0 Å². The minimum Gasteiger partial charge on any atom is -0.490 e. The van der Waals surface area contributed by atoms with E-state index in [-0.39, 0.29) is 40.3 Å². The van der Waals surface area contributed by atoms with Gasteiger partial charge in [-0.15, -0.1) is 0 Å². The van der Waals surface area contributed by atoms with Crippen molar-refractivity contribution in [2.45, 2.75) is 43.2 Å². The molecule has 2 aromatic rings. The van der Waals surface area contributed by atoms with Crippen LogP contribution in [0.2, 0.25) is 5.02 Å². The van der Waals surface area contributed by atoms with Gasteiger partial charge in [-0.1, -0.05) is 41.4 Å². The molecule has 40 heavy (non-hydrogen) atoms. The summed E-state index contributed by atoms with van der Waals surface area (Å²) in [7, 11) is 2.06. The number of carbonyl (C=O) groups is 2. The van der Waals surface area contributed by atoms with E-state index in [0.717, 1.165) is 25.9 Å². The van der Waals surface area contributed by atoms with Crippen molar-refractivity contribution < 1.29 is 18.7 Å². The maximum Gasteiger partial charge on any atom is 0.237 e. The van der Waals surface area contributed by atoms with Crippen molar-refractivity contribution in [1.82, 2.24) is 10.2 Å². The molecule has 4 aliphatic rings. The van der Waals surface area contributed by atoms with Gasteiger partial charge in [0.05, 0.1) is 16.1 Å². The van der Waals surface area contributed by atoms with E-state index < -0.39 is 23.2 Å². The highest BCUT2D eigenvalue weighted by Crippen LogP contribution is 2.59. The predicted molar refractivity (Wildman–Crippen MR) is 157 cm³/mol. The second kappa shape index (κ2) is 10.8. The summed E-state index contributed by atoms with van der Waals surface area (Å²) in [5.41, 5.74) is 0.0359. The Morgan fingerprint density at radius 1 is 1.12 bits per heavy atom. The molecule has 210 valence electrons. The molecule has 2 aromatic carbocycles. The SMILES string of the molecule is CN1CCC(Oc2ccc(Br)c(F)c2[C@H]2NC(=O)C[C@@H](C3C=CC=C(Cl)C3)[C@]23C(=O)Nc2cc(Cl)ccc23)CC1. The van der Waals surface area contributed by atoms with Crippen LogP contribution in [0.15, 0.2) is 58.1 Å². The first-order valence-electron chi connectivity index (χ1n) is 13.4. The molecule has 4 atom stereocenters. The van der Waals surface area contributed by atoms with Crippen LogP contribution in [0, 0.1) is 17.7 Å². The molecule has 0 aromatic heterocycles. The summed E-state index contributed by atoms with van der Waals surface area (Å²) in [5.74, 6) is -1.56. The van der Waals surface area contributed by atoms with E-state index >= 15 is 4.39 Å². The largest absolute Gasteiger partial charge is 0.490 e. The van der Waals surface area contributed by atoms with Crippen molar-refractivity contribution in [3.05, 3.63) is 80.0 Å². The standard InChI is InChI=1S/C30H29BrCl2FN3O3/c1-37-11-9-19(10-12-37)40-24-8-7-22(31)27(34)26(24)28-30(20-6-5-18(33)14-23(20)35-29(30)39)21(15-25(38)36-28)16-3-2-4-17(32)13-16/h2-8,14,16,19,21,28H,9-13,15H2,1H3,(H,35,39)(H,36,38)/t16?,21-,28+,30-/m0/s1. The third-order valence-electron chi connectivity index (χ3n) is 8.73. The topological polar surface area (TPSA) is 70.7 Å². The number of nitrogens with one attached hydrogen (secondary N) is 2. The van der Waals surface area contributed by atoms with Crippen LogP contribution in [0.1, 0.15) is 42.9 Å². The van der Waals surface area contributed by atoms with Crippen molar-refractivity contribution in [2.75, 3.05) is 25.5 Å². The highest BCUT2D eigenvalue weighted by atomic mass is 79.9. The van der Waals surface area contributed by atoms with E-state index in [2.05, 4.69) is 38.5 Å². The van der Waals surface area contributed by atoms with E-state index in [1.165, 1.54) is 0 Å². The first-order chi connectivity index (χ1) is 19.2. The van der Waals surface area contributed by atoms with Gasteiger partial charge in [-0.05, 0) is 90.0 Å². The number of ether oxygens (including phenoxy) is 1. The Morgan fingerprint density at radius 3 is 2.65 bits per heavy atom. The normalized spacial score (nSPS) is 28.7. The monoisotopic (exact) mass is 647 g/mol. The maximum absolute atomic E-state index is 16.3. The number of likely N-dealkylation sites (tertiary alicyclic amines) is 1. The summed E-state index contributed by atoms with van der Waals surface area (Å²) in [4.78, 5) is 30.0. The van der Waals surface area contributed by atoms with E-state index in [1.807, 2.05) is 24.3 Å². The quantitative estimate of drug-likeness (QED) is 0.398. The van der Waals surface area contributed by atoms with Crippen LogP contribution in [0.3, 0.4) is 0 Å². The molecule has 6 nitrogen and oxygen atoms in total. The summed E-state index contributed by atoms with van der Waals surface area (Å²) < 4.78 is 23.0. The predicted octanol–water partition coefficient (Wildman–Crippen LogP) is 6.48. The molecular formula is C30H29BrCl2FN3O3. The molecule has 2 amide bonds. The van der Waals surface area contributed by atoms with Crippen molar-refractivity contribution >= 4 is 56.6 Å². The van der Waals surface area contributed by atoms with Crippen LogP contribution >= 0.6 is 39.1 Å². The third-order valence-corrected chi connectivity index (χ3v) is 9.85.